The van der Waals surface area contributed by atoms with Crippen molar-refractivity contribution in [3.8, 4) is 11.1 Å². The Morgan fingerprint density at radius 2 is 1.77 bits per heavy atom. The summed E-state index contributed by atoms with van der Waals surface area (Å²) in [5.74, 6) is -3.97. The van der Waals surface area contributed by atoms with E-state index < -0.39 is 23.3 Å². The molecule has 3 rings (SSSR count). The van der Waals surface area contributed by atoms with Crippen molar-refractivity contribution in [3.05, 3.63) is 70.6 Å². The van der Waals surface area contributed by atoms with Crippen LogP contribution in [0.1, 0.15) is 10.5 Å². The van der Waals surface area contributed by atoms with Crippen LogP contribution in [-0.4, -0.2) is 87.7 Å². The quantitative estimate of drug-likeness (QED) is 0.154. The van der Waals surface area contributed by atoms with Crippen LogP contribution in [0.2, 0.25) is 10.0 Å². The summed E-state index contributed by atoms with van der Waals surface area (Å²) in [7, 11) is 10.5. The summed E-state index contributed by atoms with van der Waals surface area (Å²) in [6.45, 7) is -0.118. The number of pyridine rings is 1. The van der Waals surface area contributed by atoms with Gasteiger partial charge in [-0.1, -0.05) is 41.4 Å². The molecule has 182 valence electrons. The number of carbonyl (C=O) groups excluding carboxylic acids is 1. The van der Waals surface area contributed by atoms with Crippen molar-refractivity contribution < 1.29 is 30.3 Å². The Hall–Kier alpha value is -2.57. The molecule has 8 N–H and O–H groups in total. The summed E-state index contributed by atoms with van der Waals surface area (Å²) < 4.78 is 0. The minimum Gasteiger partial charge on any atom is -0.407 e. The van der Waals surface area contributed by atoms with Crippen molar-refractivity contribution in [1.82, 2.24) is 15.3 Å². The molecule has 35 heavy (non-hydrogen) atoms. The van der Waals surface area contributed by atoms with Gasteiger partial charge in [0, 0.05) is 40.5 Å². The highest BCUT2D eigenvalue weighted by atomic mass is 35.5. The van der Waals surface area contributed by atoms with Crippen LogP contribution >= 0.6 is 23.2 Å². The molecule has 14 heteroatoms. The lowest BCUT2D eigenvalue weighted by molar-refractivity contribution is -0.326. The molecule has 0 saturated heterocycles. The number of hydrogen-bond acceptors (Lipinski definition) is 8. The number of aromatic nitrogens is 2. The third-order valence-corrected chi connectivity index (χ3v) is 4.92. The Morgan fingerprint density at radius 1 is 1.11 bits per heavy atom. The number of nitrogens with zero attached hydrogens (tertiary/aromatic N) is 1. The molecule has 1 aromatic carbocycles. The van der Waals surface area contributed by atoms with E-state index in [9.17, 15) is 25.2 Å². The number of H-pyrrole nitrogens is 1. The largest absolute Gasteiger partial charge is 0.407 e. The Balaban J connectivity index is 0.000000527. The molecule has 0 aliphatic rings. The van der Waals surface area contributed by atoms with E-state index in [1.165, 1.54) is 24.5 Å². The number of carbonyl (C=O) groups is 1. The fourth-order valence-corrected chi connectivity index (χ4v) is 3.13. The zero-order chi connectivity index (χ0) is 26.2. The van der Waals surface area contributed by atoms with E-state index in [4.69, 9.17) is 44.0 Å². The standard InChI is InChI=1S/C15H17B2ClN4O6.C6H5Cl/c16-14(17,25)13(15(26,27)28)22-11-4-8(9(18)6-21-11)7-3-10(20-5-7)12(24)19-1-2-23;7-6-4-2-1-3-5-6/h3-6,13,20,23,25-28H,1-2H2,(H,19,24)(H,21,22);1-5H. The smallest absolute Gasteiger partial charge is 0.298 e. The SMILES string of the molecule is Clc1ccccc1.[B]C([B])(O)C(Nc1cc(-c2c[nH]c(C(=O)NCCO)c2)c(Cl)cn1)C(O)(O)O. The predicted octanol–water partition coefficient (Wildman–Crippen LogP) is 0.186. The molecule has 10 nitrogen and oxygen atoms in total. The van der Waals surface area contributed by atoms with Crippen molar-refractivity contribution in [3.63, 3.8) is 0 Å². The van der Waals surface area contributed by atoms with Crippen molar-refractivity contribution in [1.29, 1.82) is 0 Å². The van der Waals surface area contributed by atoms with Crippen LogP contribution in [0.15, 0.2) is 54.9 Å². The lowest BCUT2D eigenvalue weighted by atomic mass is 9.60. The van der Waals surface area contributed by atoms with Gasteiger partial charge in [-0.05, 0) is 24.3 Å². The van der Waals surface area contributed by atoms with E-state index in [-0.39, 0.29) is 29.7 Å². The second kappa shape index (κ2) is 12.4. The van der Waals surface area contributed by atoms with Gasteiger partial charge < -0.3 is 41.2 Å². The Kier molecular flexibility index (Phi) is 10.2. The van der Waals surface area contributed by atoms with Crippen molar-refractivity contribution in [2.24, 2.45) is 0 Å². The van der Waals surface area contributed by atoms with E-state index in [1.807, 2.05) is 30.3 Å². The summed E-state index contributed by atoms with van der Waals surface area (Å²) in [6, 6.07) is 10.3. The zero-order valence-corrected chi connectivity index (χ0v) is 19.7. The van der Waals surface area contributed by atoms with Crippen molar-refractivity contribution >= 4 is 50.6 Å². The molecule has 0 saturated carbocycles. The number of hydrogen-bond donors (Lipinski definition) is 8. The maximum atomic E-state index is 11.9. The van der Waals surface area contributed by atoms with Gasteiger partial charge in [-0.15, -0.1) is 0 Å². The van der Waals surface area contributed by atoms with Crippen molar-refractivity contribution in [2.45, 2.75) is 17.4 Å². The fraction of sp³-hybridized carbons (Fsp3) is 0.238. The highest BCUT2D eigenvalue weighted by Gasteiger charge is 2.42. The van der Waals surface area contributed by atoms with Gasteiger partial charge in [0.15, 0.2) is 0 Å². The van der Waals surface area contributed by atoms with Gasteiger partial charge in [0.05, 0.1) is 11.6 Å². The monoisotopic (exact) mass is 518 g/mol. The lowest BCUT2D eigenvalue weighted by Crippen LogP contribution is -2.61. The maximum Gasteiger partial charge on any atom is 0.298 e. The van der Waals surface area contributed by atoms with E-state index in [0.29, 0.717) is 11.1 Å². The normalized spacial score (nSPS) is 12.3. The van der Waals surface area contributed by atoms with Gasteiger partial charge in [0.25, 0.3) is 11.9 Å². The minimum absolute atomic E-state index is 0.0623. The minimum atomic E-state index is -3.47. The Bertz CT molecular complexity index is 1090. The summed E-state index contributed by atoms with van der Waals surface area (Å²) in [5, 5.41) is 49.5. The highest BCUT2D eigenvalue weighted by molar-refractivity contribution is 6.39. The average molecular weight is 519 g/mol. The maximum absolute atomic E-state index is 11.9. The summed E-state index contributed by atoms with van der Waals surface area (Å²) in [5.41, 5.74) is 1.08. The molecular weight excluding hydrogens is 497 g/mol. The number of aliphatic hydroxyl groups excluding tert-OH is 1. The topological polar surface area (TPSA) is 171 Å². The molecule has 0 bridgehead atoms. The van der Waals surface area contributed by atoms with Gasteiger partial charge in [0.2, 0.25) is 0 Å². The first-order valence-electron chi connectivity index (χ1n) is 10.0. The fourth-order valence-electron chi connectivity index (χ4n) is 2.77. The van der Waals surface area contributed by atoms with Gasteiger partial charge in [0.1, 0.15) is 33.2 Å². The summed E-state index contributed by atoms with van der Waals surface area (Å²) in [4.78, 5) is 18.6. The molecule has 2 aromatic heterocycles. The molecule has 1 unspecified atom stereocenters. The number of aromatic amines is 1. The van der Waals surface area contributed by atoms with Crippen LogP contribution in [0.5, 0.6) is 0 Å². The molecule has 3 aromatic rings. The highest BCUT2D eigenvalue weighted by Crippen LogP contribution is 2.31. The Morgan fingerprint density at radius 3 is 2.29 bits per heavy atom. The molecular formula is C21H22B2Cl2N4O6. The van der Waals surface area contributed by atoms with Gasteiger partial charge in [-0.2, -0.15) is 0 Å². The number of benzene rings is 1. The molecule has 0 spiro atoms. The van der Waals surface area contributed by atoms with Crippen LogP contribution in [0.4, 0.5) is 5.82 Å². The number of anilines is 1. The van der Waals surface area contributed by atoms with Gasteiger partial charge >= 0.3 is 0 Å². The molecule has 1 amide bonds. The summed E-state index contributed by atoms with van der Waals surface area (Å²) in [6.07, 6.45) is 2.71. The lowest BCUT2D eigenvalue weighted by Gasteiger charge is -2.36. The van der Waals surface area contributed by atoms with Gasteiger partial charge in [-0.3, -0.25) is 4.79 Å². The molecule has 0 aliphatic heterocycles. The van der Waals surface area contributed by atoms with Gasteiger partial charge in [-0.25, -0.2) is 4.98 Å². The van der Waals surface area contributed by atoms with Crippen LogP contribution in [0.25, 0.3) is 11.1 Å². The van der Waals surface area contributed by atoms with Crippen LogP contribution in [-0.2, 0) is 0 Å². The average Bonchev–Trinajstić information content (AvgIpc) is 3.26. The van der Waals surface area contributed by atoms with Crippen LogP contribution in [0.3, 0.4) is 0 Å². The first kappa shape index (κ1) is 28.7. The molecule has 2 heterocycles. The third kappa shape index (κ3) is 8.86. The van der Waals surface area contributed by atoms with E-state index in [2.05, 4.69) is 20.6 Å². The summed E-state index contributed by atoms with van der Waals surface area (Å²) >= 11 is 11.7. The predicted molar refractivity (Wildman–Crippen MR) is 133 cm³/mol. The Labute approximate surface area is 213 Å². The molecule has 4 radical (unpaired) electrons. The number of rotatable bonds is 8. The first-order chi connectivity index (χ1) is 16.3. The van der Waals surface area contributed by atoms with Crippen molar-refractivity contribution in [2.75, 3.05) is 18.5 Å². The number of nitrogens with one attached hydrogen (secondary N) is 3. The third-order valence-electron chi connectivity index (χ3n) is 4.37. The van der Waals surface area contributed by atoms with E-state index in [1.54, 1.807) is 0 Å². The first-order valence-corrected chi connectivity index (χ1v) is 10.8. The molecule has 0 aliphatic carbocycles. The van der Waals surface area contributed by atoms with E-state index >= 15 is 0 Å². The number of aliphatic hydroxyl groups is 5. The second-order valence-electron chi connectivity index (χ2n) is 7.28. The second-order valence-corrected chi connectivity index (χ2v) is 8.12. The van der Waals surface area contributed by atoms with E-state index in [0.717, 1.165) is 5.02 Å². The van der Waals surface area contributed by atoms with Crippen LogP contribution in [0, 0.1) is 0 Å². The molecule has 0 fully saturated rings. The zero-order valence-electron chi connectivity index (χ0n) is 18.2. The van der Waals surface area contributed by atoms with Crippen LogP contribution < -0.4 is 10.6 Å². The number of amides is 1. The number of halogens is 2. The molecule has 1 atom stereocenters.